The van der Waals surface area contributed by atoms with Crippen molar-refractivity contribution in [1.82, 2.24) is 9.97 Å². The summed E-state index contributed by atoms with van der Waals surface area (Å²) in [5.74, 6) is -2.38. The lowest BCUT2D eigenvalue weighted by molar-refractivity contribution is -0.139. The monoisotopic (exact) mass is 582 g/mol. The smallest absolute Gasteiger partial charge is 0.419 e. The summed E-state index contributed by atoms with van der Waals surface area (Å²) in [6, 6.07) is 1.16. The van der Waals surface area contributed by atoms with E-state index in [1.54, 1.807) is 0 Å². The van der Waals surface area contributed by atoms with Crippen LogP contribution in [0.2, 0.25) is 0 Å². The van der Waals surface area contributed by atoms with Crippen molar-refractivity contribution in [3.05, 3.63) is 43.9 Å². The SMILES string of the molecule is COC(=O)c1nc(Br)c(C(F)(F)F)cc1N.Nc1cc(C(F)(F)F)c(Br)nc1C(=O)O. The minimum Gasteiger partial charge on any atom is -0.476 e. The fourth-order valence-corrected chi connectivity index (χ4v) is 2.87. The molecule has 31 heavy (non-hydrogen) atoms. The van der Waals surface area contributed by atoms with Gasteiger partial charge < -0.3 is 21.3 Å². The molecule has 0 fully saturated rings. The molecule has 8 nitrogen and oxygen atoms in total. The second kappa shape index (κ2) is 9.67. The standard InChI is InChI=1S/C8H6BrF3N2O2.C7H4BrF3N2O2/c1-16-7(15)5-4(13)2-3(6(9)14-5)8(10,11)12;8-5-2(7(9,10)11)1-3(12)4(13-5)6(14)15/h2H,13H2,1H3;1H,12H2,(H,14,15). The van der Waals surface area contributed by atoms with Gasteiger partial charge in [-0.1, -0.05) is 0 Å². The normalized spacial score (nSPS) is 11.4. The van der Waals surface area contributed by atoms with Crippen LogP contribution in [0.15, 0.2) is 21.3 Å². The van der Waals surface area contributed by atoms with Crippen molar-refractivity contribution in [2.75, 3.05) is 18.6 Å². The predicted octanol–water partition coefficient (Wildman–Crippen LogP) is 4.38. The first kappa shape index (κ1) is 26.4. The molecule has 5 N–H and O–H groups in total. The highest BCUT2D eigenvalue weighted by atomic mass is 79.9. The van der Waals surface area contributed by atoms with Crippen LogP contribution in [0.5, 0.6) is 0 Å². The number of aromatic carboxylic acids is 1. The van der Waals surface area contributed by atoms with E-state index >= 15 is 0 Å². The number of anilines is 2. The lowest BCUT2D eigenvalue weighted by atomic mass is 10.2. The summed E-state index contributed by atoms with van der Waals surface area (Å²) in [7, 11) is 1.08. The minimum atomic E-state index is -4.63. The number of pyridine rings is 2. The Kier molecular flexibility index (Phi) is 8.24. The second-order valence-electron chi connectivity index (χ2n) is 5.32. The second-order valence-corrected chi connectivity index (χ2v) is 6.82. The number of carbonyl (C=O) groups excluding carboxylic acids is 1. The number of halogens is 8. The molecule has 2 rings (SSSR count). The van der Waals surface area contributed by atoms with Gasteiger partial charge in [-0.05, 0) is 44.0 Å². The third-order valence-corrected chi connectivity index (χ3v) is 4.41. The number of methoxy groups -OCH3 is 1. The van der Waals surface area contributed by atoms with Crippen molar-refractivity contribution in [3.63, 3.8) is 0 Å². The fourth-order valence-electron chi connectivity index (χ4n) is 1.84. The maximum absolute atomic E-state index is 12.4. The molecule has 0 amide bonds. The Morgan fingerprint density at radius 2 is 1.26 bits per heavy atom. The summed E-state index contributed by atoms with van der Waals surface area (Å²) in [6.45, 7) is 0. The molecule has 0 spiro atoms. The van der Waals surface area contributed by atoms with Gasteiger partial charge in [0.1, 0.15) is 9.21 Å². The van der Waals surface area contributed by atoms with Gasteiger partial charge in [0.05, 0.1) is 29.6 Å². The van der Waals surface area contributed by atoms with Gasteiger partial charge in [0, 0.05) is 0 Å². The lowest BCUT2D eigenvalue weighted by Gasteiger charge is -2.11. The summed E-state index contributed by atoms with van der Waals surface area (Å²) in [6.07, 6.45) is -9.22. The first-order valence-electron chi connectivity index (χ1n) is 7.38. The van der Waals surface area contributed by atoms with Crippen LogP contribution in [0.1, 0.15) is 32.1 Å². The molecule has 2 heterocycles. The summed E-state index contributed by atoms with van der Waals surface area (Å²) >= 11 is 5.16. The van der Waals surface area contributed by atoms with E-state index in [0.29, 0.717) is 12.1 Å². The number of rotatable bonds is 2. The van der Waals surface area contributed by atoms with Crippen LogP contribution >= 0.6 is 31.9 Å². The van der Waals surface area contributed by atoms with Gasteiger partial charge in [-0.25, -0.2) is 19.6 Å². The van der Waals surface area contributed by atoms with Crippen molar-refractivity contribution >= 4 is 55.2 Å². The average Bonchev–Trinajstić information content (AvgIpc) is 2.62. The molecule has 0 aliphatic heterocycles. The molecule has 2 aromatic rings. The van der Waals surface area contributed by atoms with E-state index in [1.165, 1.54) is 0 Å². The van der Waals surface area contributed by atoms with Crippen molar-refractivity contribution < 1.29 is 45.8 Å². The largest absolute Gasteiger partial charge is 0.476 e. The molecule has 0 bridgehead atoms. The Labute approximate surface area is 185 Å². The molecule has 0 unspecified atom stereocenters. The molecular weight excluding hydrogens is 574 g/mol. The number of carbonyl (C=O) groups is 2. The maximum atomic E-state index is 12.4. The topological polar surface area (TPSA) is 141 Å². The van der Waals surface area contributed by atoms with Crippen LogP contribution in [-0.4, -0.2) is 34.1 Å². The zero-order valence-corrected chi connectivity index (χ0v) is 18.1. The van der Waals surface area contributed by atoms with E-state index in [-0.39, 0.29) is 11.4 Å². The van der Waals surface area contributed by atoms with Gasteiger partial charge in [-0.15, -0.1) is 0 Å². The van der Waals surface area contributed by atoms with Crippen LogP contribution in [0.4, 0.5) is 37.7 Å². The van der Waals surface area contributed by atoms with Gasteiger partial charge in [0.2, 0.25) is 0 Å². The Bertz CT molecular complexity index is 1010. The highest BCUT2D eigenvalue weighted by Crippen LogP contribution is 2.36. The number of carboxylic acids is 1. The average molecular weight is 584 g/mol. The Balaban J connectivity index is 0.000000311. The molecular formula is C15H10Br2F6N4O4. The number of esters is 1. The molecule has 2 aromatic heterocycles. The third kappa shape index (κ3) is 6.68. The Hall–Kier alpha value is -2.62. The lowest BCUT2D eigenvalue weighted by Crippen LogP contribution is -2.14. The van der Waals surface area contributed by atoms with E-state index in [2.05, 4.69) is 46.6 Å². The molecule has 0 aliphatic carbocycles. The molecule has 0 aromatic carbocycles. The van der Waals surface area contributed by atoms with Gasteiger partial charge in [0.25, 0.3) is 0 Å². The number of alkyl halides is 6. The summed E-state index contributed by atoms with van der Waals surface area (Å²) in [5.41, 5.74) is 6.36. The van der Waals surface area contributed by atoms with Crippen LogP contribution in [0.25, 0.3) is 0 Å². The molecule has 0 saturated heterocycles. The predicted molar refractivity (Wildman–Crippen MR) is 101 cm³/mol. The van der Waals surface area contributed by atoms with E-state index in [9.17, 15) is 35.9 Å². The van der Waals surface area contributed by atoms with Crippen LogP contribution in [0.3, 0.4) is 0 Å². The minimum absolute atomic E-state index is 0.359. The zero-order valence-electron chi connectivity index (χ0n) is 14.9. The quantitative estimate of drug-likeness (QED) is 0.269. The Morgan fingerprint density at radius 1 is 0.903 bits per heavy atom. The highest BCUT2D eigenvalue weighted by molar-refractivity contribution is 9.10. The van der Waals surface area contributed by atoms with Crippen LogP contribution in [0, 0.1) is 0 Å². The van der Waals surface area contributed by atoms with Gasteiger partial charge in [0.15, 0.2) is 11.4 Å². The van der Waals surface area contributed by atoms with E-state index in [4.69, 9.17) is 16.6 Å². The number of nitrogens with zero attached hydrogens (tertiary/aromatic N) is 2. The zero-order chi connectivity index (χ0) is 24.3. The van der Waals surface area contributed by atoms with Crippen molar-refractivity contribution in [1.29, 1.82) is 0 Å². The van der Waals surface area contributed by atoms with Gasteiger partial charge >= 0.3 is 24.3 Å². The first-order valence-corrected chi connectivity index (χ1v) is 8.97. The number of ether oxygens (including phenoxy) is 1. The summed E-state index contributed by atoms with van der Waals surface area (Å²) in [5, 5.41) is 8.54. The van der Waals surface area contributed by atoms with E-state index in [0.717, 1.165) is 7.11 Å². The molecule has 0 radical (unpaired) electrons. The van der Waals surface area contributed by atoms with Gasteiger partial charge in [-0.2, -0.15) is 26.3 Å². The summed E-state index contributed by atoms with van der Waals surface area (Å²) in [4.78, 5) is 28.2. The molecule has 0 atom stereocenters. The van der Waals surface area contributed by atoms with Crippen LogP contribution < -0.4 is 11.5 Å². The van der Waals surface area contributed by atoms with E-state index < -0.39 is 56.0 Å². The third-order valence-electron chi connectivity index (χ3n) is 3.20. The molecule has 0 aliphatic rings. The molecule has 0 saturated carbocycles. The number of hydrogen-bond donors (Lipinski definition) is 3. The molecule has 16 heteroatoms. The van der Waals surface area contributed by atoms with Crippen LogP contribution in [-0.2, 0) is 17.1 Å². The molecule has 170 valence electrons. The van der Waals surface area contributed by atoms with Crippen molar-refractivity contribution in [2.24, 2.45) is 0 Å². The van der Waals surface area contributed by atoms with Crippen molar-refractivity contribution in [3.8, 4) is 0 Å². The number of hydrogen-bond acceptors (Lipinski definition) is 7. The number of carboxylic acid groups (broad SMARTS) is 1. The summed E-state index contributed by atoms with van der Waals surface area (Å²) < 4.78 is 77.3. The number of nitrogens with two attached hydrogens (primary N) is 2. The first-order chi connectivity index (χ1) is 14.0. The van der Waals surface area contributed by atoms with E-state index in [1.807, 2.05) is 0 Å². The van der Waals surface area contributed by atoms with Crippen molar-refractivity contribution in [2.45, 2.75) is 12.4 Å². The van der Waals surface area contributed by atoms with Gasteiger partial charge in [-0.3, -0.25) is 0 Å². The maximum Gasteiger partial charge on any atom is 0.419 e. The fraction of sp³-hybridized carbons (Fsp3) is 0.200. The number of aromatic nitrogens is 2. The Morgan fingerprint density at radius 3 is 1.58 bits per heavy atom. The highest BCUT2D eigenvalue weighted by Gasteiger charge is 2.36. The number of nitrogen functional groups attached to an aromatic ring is 2.